The number of hydrogen-bond donors (Lipinski definition) is 0. The van der Waals surface area contributed by atoms with Crippen molar-refractivity contribution >= 4 is 11.3 Å². The molecule has 1 aromatic rings. The number of nitriles is 1. The van der Waals surface area contributed by atoms with Gasteiger partial charge < -0.3 is 0 Å². The van der Waals surface area contributed by atoms with E-state index in [1.165, 1.54) is 0 Å². The van der Waals surface area contributed by atoms with E-state index in [9.17, 15) is 0 Å². The van der Waals surface area contributed by atoms with Gasteiger partial charge in [0.05, 0.1) is 5.01 Å². The third kappa shape index (κ3) is 2.07. The van der Waals surface area contributed by atoms with E-state index in [1.54, 1.807) is 11.3 Å². The first-order valence-corrected chi connectivity index (χ1v) is 5.28. The minimum Gasteiger partial charge on any atom is -0.230 e. The van der Waals surface area contributed by atoms with Crippen molar-refractivity contribution in [3.05, 3.63) is 15.6 Å². The van der Waals surface area contributed by atoms with Crippen LogP contribution >= 0.6 is 11.3 Å². The van der Waals surface area contributed by atoms with E-state index in [0.717, 1.165) is 9.88 Å². The molecule has 0 aliphatic carbocycles. The summed E-state index contributed by atoms with van der Waals surface area (Å²) in [7, 11) is 0. The fraction of sp³-hybridized carbons (Fsp3) is 0.600. The Hall–Kier alpha value is -0.880. The van der Waals surface area contributed by atoms with Crippen molar-refractivity contribution in [3.63, 3.8) is 0 Å². The Morgan fingerprint density at radius 3 is 2.15 bits per heavy atom. The van der Waals surface area contributed by atoms with Gasteiger partial charge in [0.2, 0.25) is 0 Å². The number of aromatic nitrogens is 1. The van der Waals surface area contributed by atoms with Gasteiger partial charge in [0, 0.05) is 10.8 Å². The molecule has 1 aromatic heterocycles. The molecule has 0 amide bonds. The molecule has 0 atom stereocenters. The van der Waals surface area contributed by atoms with Crippen LogP contribution in [-0.2, 0) is 0 Å². The quantitative estimate of drug-likeness (QED) is 0.724. The smallest absolute Gasteiger partial charge is 0.155 e. The Balaban J connectivity index is 3.14. The molecule has 3 heteroatoms. The summed E-state index contributed by atoms with van der Waals surface area (Å²) in [5.74, 6) is 0.823. The average Bonchev–Trinajstić information content (AvgIpc) is 2.47. The molecule has 0 saturated carbocycles. The maximum absolute atomic E-state index is 8.86. The monoisotopic (exact) mass is 194 g/mol. The van der Waals surface area contributed by atoms with Gasteiger partial charge in [-0.05, 0) is 5.92 Å². The normalized spacial score (nSPS) is 10.8. The molecule has 1 rings (SSSR count). The zero-order valence-electron chi connectivity index (χ0n) is 8.46. The van der Waals surface area contributed by atoms with E-state index >= 15 is 0 Å². The fourth-order valence-corrected chi connectivity index (χ4v) is 2.09. The predicted octanol–water partition coefficient (Wildman–Crippen LogP) is 3.26. The Kier molecular flexibility index (Phi) is 3.05. The van der Waals surface area contributed by atoms with Gasteiger partial charge in [-0.3, -0.25) is 0 Å². The van der Waals surface area contributed by atoms with Crippen LogP contribution in [0.5, 0.6) is 0 Å². The van der Waals surface area contributed by atoms with E-state index in [1.807, 2.05) is 0 Å². The molecule has 13 heavy (non-hydrogen) atoms. The van der Waals surface area contributed by atoms with Gasteiger partial charge in [-0.2, -0.15) is 5.26 Å². The molecule has 0 radical (unpaired) electrons. The Morgan fingerprint density at radius 1 is 1.23 bits per heavy atom. The summed E-state index contributed by atoms with van der Waals surface area (Å²) in [6.45, 7) is 8.39. The van der Waals surface area contributed by atoms with Crippen LogP contribution in [0, 0.1) is 11.3 Å². The summed E-state index contributed by atoms with van der Waals surface area (Å²) in [5, 5.41) is 9.93. The van der Waals surface area contributed by atoms with Gasteiger partial charge in [-0.1, -0.05) is 27.7 Å². The predicted molar refractivity (Wildman–Crippen MR) is 55.0 cm³/mol. The summed E-state index contributed by atoms with van der Waals surface area (Å²) in [6.07, 6.45) is 0. The van der Waals surface area contributed by atoms with Crippen LogP contribution in [0.15, 0.2) is 0 Å². The molecule has 1 heterocycles. The van der Waals surface area contributed by atoms with Gasteiger partial charge in [0.1, 0.15) is 6.07 Å². The van der Waals surface area contributed by atoms with Crippen molar-refractivity contribution in [1.29, 1.82) is 5.26 Å². The molecule has 0 aromatic carbocycles. The zero-order valence-corrected chi connectivity index (χ0v) is 9.27. The van der Waals surface area contributed by atoms with Crippen molar-refractivity contribution < 1.29 is 0 Å². The molecule has 0 saturated heterocycles. The van der Waals surface area contributed by atoms with Crippen LogP contribution in [0.3, 0.4) is 0 Å². The molecular weight excluding hydrogens is 180 g/mol. The van der Waals surface area contributed by atoms with Crippen LogP contribution < -0.4 is 0 Å². The minimum atomic E-state index is 0.402. The number of rotatable bonds is 2. The highest BCUT2D eigenvalue weighted by atomic mass is 32.1. The molecule has 0 aliphatic heterocycles. The first-order chi connectivity index (χ1) is 6.06. The highest BCUT2D eigenvalue weighted by Gasteiger charge is 2.15. The number of hydrogen-bond acceptors (Lipinski definition) is 3. The first-order valence-electron chi connectivity index (χ1n) is 4.47. The van der Waals surface area contributed by atoms with E-state index in [-0.39, 0.29) is 0 Å². The van der Waals surface area contributed by atoms with E-state index in [0.29, 0.717) is 17.5 Å². The van der Waals surface area contributed by atoms with Crippen LogP contribution in [0.25, 0.3) is 0 Å². The maximum atomic E-state index is 8.86. The molecule has 0 fully saturated rings. The van der Waals surface area contributed by atoms with Crippen molar-refractivity contribution in [1.82, 2.24) is 4.98 Å². The second kappa shape index (κ2) is 3.89. The minimum absolute atomic E-state index is 0.402. The lowest BCUT2D eigenvalue weighted by molar-refractivity contribution is 0.846. The lowest BCUT2D eigenvalue weighted by Crippen LogP contribution is -1.87. The molecular formula is C10H14N2S. The molecule has 0 spiro atoms. The largest absolute Gasteiger partial charge is 0.230 e. The van der Waals surface area contributed by atoms with Crippen molar-refractivity contribution in [2.45, 2.75) is 39.5 Å². The Bertz CT molecular complexity index is 331. The molecule has 0 N–H and O–H groups in total. The zero-order chi connectivity index (χ0) is 10.0. The topological polar surface area (TPSA) is 36.7 Å². The van der Waals surface area contributed by atoms with Gasteiger partial charge >= 0.3 is 0 Å². The highest BCUT2D eigenvalue weighted by molar-refractivity contribution is 7.12. The van der Waals surface area contributed by atoms with E-state index < -0.39 is 0 Å². The second-order valence-electron chi connectivity index (χ2n) is 3.69. The first kappa shape index (κ1) is 10.2. The van der Waals surface area contributed by atoms with Gasteiger partial charge in [0.25, 0.3) is 0 Å². The molecule has 0 bridgehead atoms. The number of nitrogens with zero attached hydrogens (tertiary/aromatic N) is 2. The summed E-state index contributed by atoms with van der Waals surface area (Å²) in [4.78, 5) is 5.42. The SMILES string of the molecule is CC(C)c1nc(C#N)c(C(C)C)s1. The second-order valence-corrected chi connectivity index (χ2v) is 4.75. The van der Waals surface area contributed by atoms with E-state index in [4.69, 9.17) is 5.26 Å². The molecule has 0 unspecified atom stereocenters. The van der Waals surface area contributed by atoms with Gasteiger partial charge in [0.15, 0.2) is 5.69 Å². The lowest BCUT2D eigenvalue weighted by atomic mass is 10.1. The van der Waals surface area contributed by atoms with Crippen LogP contribution in [-0.4, -0.2) is 4.98 Å². The summed E-state index contributed by atoms with van der Waals surface area (Å²) in [5.41, 5.74) is 0.615. The van der Waals surface area contributed by atoms with Crippen molar-refractivity contribution in [2.24, 2.45) is 0 Å². The summed E-state index contributed by atoms with van der Waals surface area (Å²) < 4.78 is 0. The molecule has 0 aliphatic rings. The highest BCUT2D eigenvalue weighted by Crippen LogP contribution is 2.29. The van der Waals surface area contributed by atoms with Gasteiger partial charge in [-0.25, -0.2) is 4.98 Å². The molecule has 2 nitrogen and oxygen atoms in total. The standard InChI is InChI=1S/C10H14N2S/c1-6(2)9-8(5-11)12-10(13-9)7(3)4/h6-7H,1-4H3. The van der Waals surface area contributed by atoms with Crippen molar-refractivity contribution in [3.8, 4) is 6.07 Å². The van der Waals surface area contributed by atoms with E-state index in [2.05, 4.69) is 38.7 Å². The summed E-state index contributed by atoms with van der Waals surface area (Å²) >= 11 is 1.67. The summed E-state index contributed by atoms with van der Waals surface area (Å²) in [6, 6.07) is 2.15. The molecule has 70 valence electrons. The maximum Gasteiger partial charge on any atom is 0.155 e. The third-order valence-electron chi connectivity index (χ3n) is 1.79. The Morgan fingerprint density at radius 2 is 1.85 bits per heavy atom. The van der Waals surface area contributed by atoms with Crippen LogP contribution in [0.1, 0.15) is 55.1 Å². The fourth-order valence-electron chi connectivity index (χ4n) is 1.07. The average molecular weight is 194 g/mol. The Labute approximate surface area is 83.2 Å². The lowest BCUT2D eigenvalue weighted by Gasteiger charge is -1.98. The van der Waals surface area contributed by atoms with Crippen LogP contribution in [0.2, 0.25) is 0 Å². The third-order valence-corrected chi connectivity index (χ3v) is 3.45. The van der Waals surface area contributed by atoms with Crippen molar-refractivity contribution in [2.75, 3.05) is 0 Å². The van der Waals surface area contributed by atoms with Gasteiger partial charge in [-0.15, -0.1) is 11.3 Å². The number of thiazole rings is 1. The van der Waals surface area contributed by atoms with Crippen LogP contribution in [0.4, 0.5) is 0 Å².